The van der Waals surface area contributed by atoms with Gasteiger partial charge in [0.15, 0.2) is 5.82 Å². The third-order valence-electron chi connectivity index (χ3n) is 2.44. The Morgan fingerprint density at radius 2 is 2.15 bits per heavy atom. The highest BCUT2D eigenvalue weighted by molar-refractivity contribution is 7.99. The third-order valence-corrected chi connectivity index (χ3v) is 3.23. The molecule has 0 saturated carbocycles. The second-order valence-electron chi connectivity index (χ2n) is 3.84. The lowest BCUT2D eigenvalue weighted by molar-refractivity contribution is 0.0935. The Hall–Kier alpha value is -2.03. The fourth-order valence-electron chi connectivity index (χ4n) is 1.54. The lowest BCUT2D eigenvalue weighted by Gasteiger charge is -2.12. The summed E-state index contributed by atoms with van der Waals surface area (Å²) in [6.45, 7) is 1.67. The number of aromatic nitrogens is 4. The number of amides is 1. The van der Waals surface area contributed by atoms with Crippen molar-refractivity contribution < 1.29 is 13.6 Å². The molecule has 0 radical (unpaired) electrons. The van der Waals surface area contributed by atoms with Gasteiger partial charge in [-0.1, -0.05) is 29.1 Å². The van der Waals surface area contributed by atoms with E-state index in [-0.39, 0.29) is 10.5 Å². The molecule has 6 nitrogen and oxygen atoms in total. The Bertz CT molecular complexity index is 578. The van der Waals surface area contributed by atoms with E-state index in [9.17, 15) is 13.6 Å². The number of benzene rings is 1. The van der Waals surface area contributed by atoms with E-state index in [1.54, 1.807) is 19.1 Å². The number of thioether (sulfide) groups is 1. The van der Waals surface area contributed by atoms with E-state index in [4.69, 9.17) is 0 Å². The molecule has 0 aliphatic carbocycles. The molecule has 0 aliphatic heterocycles. The summed E-state index contributed by atoms with van der Waals surface area (Å²) < 4.78 is 24.9. The number of alkyl halides is 2. The van der Waals surface area contributed by atoms with Crippen molar-refractivity contribution in [2.24, 2.45) is 0 Å². The number of H-pyrrole nitrogens is 1. The number of hydrogen-bond acceptors (Lipinski definition) is 5. The second-order valence-corrected chi connectivity index (χ2v) is 4.87. The lowest BCUT2D eigenvalue weighted by Crippen LogP contribution is -2.27. The van der Waals surface area contributed by atoms with Gasteiger partial charge < -0.3 is 5.32 Å². The lowest BCUT2D eigenvalue weighted by atomic mass is 10.2. The molecule has 1 heterocycles. The maximum absolute atomic E-state index is 12.4. The first-order chi connectivity index (χ1) is 9.58. The van der Waals surface area contributed by atoms with Gasteiger partial charge in [-0.3, -0.25) is 4.79 Å². The Morgan fingerprint density at radius 3 is 2.80 bits per heavy atom. The SMILES string of the molecule is CC(NC(=O)c1ccccc1SC(F)F)c1nn[nH]n1. The zero-order chi connectivity index (χ0) is 14.5. The average molecular weight is 299 g/mol. The monoisotopic (exact) mass is 299 g/mol. The maximum atomic E-state index is 12.4. The van der Waals surface area contributed by atoms with Crippen LogP contribution in [0.3, 0.4) is 0 Å². The van der Waals surface area contributed by atoms with E-state index in [2.05, 4.69) is 25.9 Å². The summed E-state index contributed by atoms with van der Waals surface area (Å²) in [6, 6.07) is 5.70. The second kappa shape index (κ2) is 6.42. The topological polar surface area (TPSA) is 83.6 Å². The average Bonchev–Trinajstić information content (AvgIpc) is 2.92. The fraction of sp³-hybridized carbons (Fsp3) is 0.273. The molecule has 1 aromatic heterocycles. The number of rotatable bonds is 5. The smallest absolute Gasteiger partial charge is 0.288 e. The highest BCUT2D eigenvalue weighted by Gasteiger charge is 2.18. The first-order valence-electron chi connectivity index (χ1n) is 5.66. The molecule has 2 N–H and O–H groups in total. The van der Waals surface area contributed by atoms with Gasteiger partial charge in [-0.15, -0.1) is 10.2 Å². The van der Waals surface area contributed by atoms with Crippen molar-refractivity contribution in [1.29, 1.82) is 0 Å². The van der Waals surface area contributed by atoms with Crippen LogP contribution in [-0.2, 0) is 0 Å². The summed E-state index contributed by atoms with van der Waals surface area (Å²) in [6.07, 6.45) is 0. The summed E-state index contributed by atoms with van der Waals surface area (Å²) in [4.78, 5) is 12.3. The zero-order valence-electron chi connectivity index (χ0n) is 10.4. The molecule has 2 aromatic rings. The highest BCUT2D eigenvalue weighted by Crippen LogP contribution is 2.28. The number of carbonyl (C=O) groups is 1. The number of nitrogens with zero attached hydrogens (tertiary/aromatic N) is 3. The molecule has 0 spiro atoms. The first-order valence-corrected chi connectivity index (χ1v) is 6.54. The van der Waals surface area contributed by atoms with Gasteiger partial charge in [0.2, 0.25) is 0 Å². The van der Waals surface area contributed by atoms with E-state index >= 15 is 0 Å². The van der Waals surface area contributed by atoms with Crippen molar-refractivity contribution in [3.63, 3.8) is 0 Å². The Labute approximate surface area is 117 Å². The van der Waals surface area contributed by atoms with E-state index in [0.717, 1.165) is 0 Å². The predicted octanol–water partition coefficient (Wildman–Crippen LogP) is 2.01. The van der Waals surface area contributed by atoms with Crippen molar-refractivity contribution in [2.45, 2.75) is 23.6 Å². The zero-order valence-corrected chi connectivity index (χ0v) is 11.2. The van der Waals surface area contributed by atoms with Gasteiger partial charge in [0.1, 0.15) is 0 Å². The molecule has 1 amide bonds. The van der Waals surface area contributed by atoms with Gasteiger partial charge in [0, 0.05) is 4.90 Å². The Balaban J connectivity index is 2.13. The Kier molecular flexibility index (Phi) is 4.61. The van der Waals surface area contributed by atoms with Gasteiger partial charge in [-0.2, -0.15) is 14.0 Å². The number of tetrazole rings is 1. The molecule has 1 unspecified atom stereocenters. The molecule has 2 rings (SSSR count). The molecule has 0 aliphatic rings. The number of aromatic amines is 1. The summed E-state index contributed by atoms with van der Waals surface area (Å²) >= 11 is 0.334. The van der Waals surface area contributed by atoms with E-state index in [1.807, 2.05) is 0 Å². The van der Waals surface area contributed by atoms with Crippen LogP contribution in [0.25, 0.3) is 0 Å². The third kappa shape index (κ3) is 3.50. The van der Waals surface area contributed by atoms with Crippen molar-refractivity contribution in [3.8, 4) is 0 Å². The standard InChI is InChI=1S/C11H11F2N5OS/c1-6(9-15-17-18-16-9)14-10(19)7-4-2-3-5-8(7)20-11(12)13/h2-6,11H,1H3,(H,14,19)(H,15,16,17,18). The minimum absolute atomic E-state index is 0.188. The largest absolute Gasteiger partial charge is 0.342 e. The summed E-state index contributed by atoms with van der Waals surface area (Å²) in [7, 11) is 0. The minimum Gasteiger partial charge on any atom is -0.342 e. The predicted molar refractivity (Wildman–Crippen MR) is 68.4 cm³/mol. The van der Waals surface area contributed by atoms with Gasteiger partial charge >= 0.3 is 0 Å². The van der Waals surface area contributed by atoms with Gasteiger partial charge in [0.25, 0.3) is 11.7 Å². The van der Waals surface area contributed by atoms with Crippen LogP contribution in [0.15, 0.2) is 29.2 Å². The van der Waals surface area contributed by atoms with Crippen LogP contribution in [0.5, 0.6) is 0 Å². The van der Waals surface area contributed by atoms with Gasteiger partial charge in [-0.25, -0.2) is 0 Å². The fourth-order valence-corrected chi connectivity index (χ4v) is 2.18. The van der Waals surface area contributed by atoms with Crippen LogP contribution in [0.1, 0.15) is 29.1 Å². The van der Waals surface area contributed by atoms with Crippen LogP contribution < -0.4 is 5.32 Å². The molecule has 0 fully saturated rings. The number of hydrogen-bond donors (Lipinski definition) is 2. The molecule has 1 aromatic carbocycles. The summed E-state index contributed by atoms with van der Waals surface area (Å²) in [5.41, 5.74) is 0.188. The molecular weight excluding hydrogens is 288 g/mol. The quantitative estimate of drug-likeness (QED) is 0.825. The van der Waals surface area contributed by atoms with E-state index < -0.39 is 17.7 Å². The van der Waals surface area contributed by atoms with Crippen LogP contribution in [0.2, 0.25) is 0 Å². The van der Waals surface area contributed by atoms with Crippen LogP contribution in [0, 0.1) is 0 Å². The van der Waals surface area contributed by atoms with Crippen LogP contribution in [-0.4, -0.2) is 32.3 Å². The van der Waals surface area contributed by atoms with Crippen molar-refractivity contribution in [1.82, 2.24) is 25.9 Å². The van der Waals surface area contributed by atoms with Crippen LogP contribution >= 0.6 is 11.8 Å². The molecule has 106 valence electrons. The van der Waals surface area contributed by atoms with Crippen molar-refractivity contribution in [3.05, 3.63) is 35.7 Å². The highest BCUT2D eigenvalue weighted by atomic mass is 32.2. The van der Waals surface area contributed by atoms with E-state index in [0.29, 0.717) is 17.6 Å². The minimum atomic E-state index is -2.58. The number of nitrogens with one attached hydrogen (secondary N) is 2. The van der Waals surface area contributed by atoms with Gasteiger partial charge in [-0.05, 0) is 19.1 Å². The Morgan fingerprint density at radius 1 is 1.40 bits per heavy atom. The normalized spacial score (nSPS) is 12.4. The molecule has 9 heteroatoms. The van der Waals surface area contributed by atoms with Crippen molar-refractivity contribution in [2.75, 3.05) is 0 Å². The molecular formula is C11H11F2N5OS. The van der Waals surface area contributed by atoms with Gasteiger partial charge in [0.05, 0.1) is 11.6 Å². The van der Waals surface area contributed by atoms with Crippen LogP contribution in [0.4, 0.5) is 8.78 Å². The molecule has 0 saturated heterocycles. The molecule has 20 heavy (non-hydrogen) atoms. The first kappa shape index (κ1) is 14.4. The summed E-state index contributed by atoms with van der Waals surface area (Å²) in [5, 5.41) is 15.8. The van der Waals surface area contributed by atoms with Crippen molar-refractivity contribution >= 4 is 17.7 Å². The maximum Gasteiger partial charge on any atom is 0.288 e. The summed E-state index contributed by atoms with van der Waals surface area (Å²) in [5.74, 6) is -2.73. The number of carbonyl (C=O) groups excluding carboxylic acids is 1. The molecule has 0 bridgehead atoms. The molecule has 1 atom stereocenters. The van der Waals surface area contributed by atoms with E-state index in [1.165, 1.54) is 12.1 Å². The number of halogens is 2.